The van der Waals surface area contributed by atoms with Crippen LogP contribution in [0.3, 0.4) is 0 Å². The predicted octanol–water partition coefficient (Wildman–Crippen LogP) is 5.18. The number of amides is 1. The van der Waals surface area contributed by atoms with Gasteiger partial charge in [0.1, 0.15) is 11.5 Å². The molecule has 0 radical (unpaired) electrons. The first-order valence-corrected chi connectivity index (χ1v) is 14.0. The summed E-state index contributed by atoms with van der Waals surface area (Å²) < 4.78 is 12.3. The van der Waals surface area contributed by atoms with Crippen LogP contribution >= 0.6 is 11.8 Å². The summed E-state index contributed by atoms with van der Waals surface area (Å²) in [5.74, 6) is 0.963. The Bertz CT molecular complexity index is 1520. The Labute approximate surface area is 232 Å². The molecule has 1 N–H and O–H groups in total. The highest BCUT2D eigenvalue weighted by atomic mass is 32.2. The molecule has 0 bridgehead atoms. The second-order valence-electron chi connectivity index (χ2n) is 9.42. The fourth-order valence-corrected chi connectivity index (χ4v) is 5.58. The van der Waals surface area contributed by atoms with Crippen LogP contribution in [0.2, 0.25) is 0 Å². The van der Waals surface area contributed by atoms with Crippen LogP contribution < -0.4 is 25.2 Å². The lowest BCUT2D eigenvalue weighted by Gasteiger charge is -2.29. The van der Waals surface area contributed by atoms with Crippen molar-refractivity contribution in [2.24, 2.45) is 0 Å². The van der Waals surface area contributed by atoms with Crippen LogP contribution in [0.15, 0.2) is 76.7 Å². The Kier molecular flexibility index (Phi) is 8.36. The van der Waals surface area contributed by atoms with Gasteiger partial charge < -0.3 is 19.7 Å². The molecule has 0 spiro atoms. The van der Waals surface area contributed by atoms with Gasteiger partial charge in [-0.15, -0.1) is 0 Å². The third-order valence-corrected chi connectivity index (χ3v) is 7.80. The number of benzene rings is 3. The van der Waals surface area contributed by atoms with Crippen LogP contribution in [0.1, 0.15) is 24.8 Å². The zero-order valence-electron chi connectivity index (χ0n) is 22.2. The van der Waals surface area contributed by atoms with E-state index in [1.54, 1.807) is 37.0 Å². The molecule has 202 valence electrons. The highest BCUT2D eigenvalue weighted by Crippen LogP contribution is 2.30. The van der Waals surface area contributed by atoms with Gasteiger partial charge in [0, 0.05) is 24.8 Å². The van der Waals surface area contributed by atoms with Crippen LogP contribution in [-0.4, -0.2) is 48.5 Å². The minimum absolute atomic E-state index is 0.0684. The summed E-state index contributed by atoms with van der Waals surface area (Å²) in [6, 6.07) is 20.9. The van der Waals surface area contributed by atoms with Gasteiger partial charge >= 0.3 is 0 Å². The summed E-state index contributed by atoms with van der Waals surface area (Å²) in [4.78, 5) is 34.0. The molecular weight excluding hydrogens is 512 g/mol. The standard InChI is InChI=1S/C30H32N4O4S/c1-37-23-12-14-27(38-2)26(18-23)31-28(35)20-39-30-32-25-13-11-22(33-15-7-4-8-16-33)17-24(25)29(36)34(30)19-21-9-5-3-6-10-21/h3,5-6,9-14,17-18H,4,7-8,15-16,19-20H2,1-2H3,(H,31,35). The normalized spacial score (nSPS) is 13.3. The van der Waals surface area contributed by atoms with Gasteiger partial charge in [0.25, 0.3) is 5.56 Å². The first kappa shape index (κ1) is 26.6. The monoisotopic (exact) mass is 544 g/mol. The molecule has 39 heavy (non-hydrogen) atoms. The predicted molar refractivity (Wildman–Crippen MR) is 157 cm³/mol. The number of nitrogens with zero attached hydrogens (tertiary/aromatic N) is 3. The molecule has 1 aliphatic rings. The molecular formula is C30H32N4O4S. The van der Waals surface area contributed by atoms with Crippen molar-refractivity contribution in [2.45, 2.75) is 31.0 Å². The van der Waals surface area contributed by atoms with Gasteiger partial charge in [-0.05, 0) is 55.2 Å². The molecule has 8 nitrogen and oxygen atoms in total. The zero-order chi connectivity index (χ0) is 27.2. The van der Waals surface area contributed by atoms with E-state index in [0.717, 1.165) is 37.2 Å². The fourth-order valence-electron chi connectivity index (χ4n) is 4.78. The van der Waals surface area contributed by atoms with Crippen LogP contribution in [0, 0.1) is 0 Å². The molecule has 0 aliphatic carbocycles. The Morgan fingerprint density at radius 3 is 2.51 bits per heavy atom. The van der Waals surface area contributed by atoms with E-state index in [0.29, 0.717) is 39.8 Å². The van der Waals surface area contributed by atoms with Crippen LogP contribution in [0.5, 0.6) is 11.5 Å². The Balaban J connectivity index is 1.44. The number of thioether (sulfide) groups is 1. The minimum atomic E-state index is -0.243. The maximum Gasteiger partial charge on any atom is 0.262 e. The summed E-state index contributed by atoms with van der Waals surface area (Å²) in [5.41, 5.74) is 3.07. The van der Waals surface area contributed by atoms with Crippen LogP contribution in [-0.2, 0) is 11.3 Å². The third kappa shape index (κ3) is 6.20. The highest BCUT2D eigenvalue weighted by molar-refractivity contribution is 7.99. The second-order valence-corrected chi connectivity index (χ2v) is 10.4. The van der Waals surface area contributed by atoms with Crippen molar-refractivity contribution in [3.8, 4) is 11.5 Å². The average molecular weight is 545 g/mol. The number of carbonyl (C=O) groups excluding carboxylic acids is 1. The van der Waals surface area contributed by atoms with Gasteiger partial charge in [-0.25, -0.2) is 4.98 Å². The van der Waals surface area contributed by atoms with E-state index in [1.807, 2.05) is 48.5 Å². The topological polar surface area (TPSA) is 85.7 Å². The Hall–Kier alpha value is -3.98. The first-order valence-electron chi connectivity index (χ1n) is 13.0. The lowest BCUT2D eigenvalue weighted by Crippen LogP contribution is -2.30. The third-order valence-electron chi connectivity index (χ3n) is 6.82. The quantitative estimate of drug-likeness (QED) is 0.229. The van der Waals surface area contributed by atoms with Gasteiger partial charge in [0.15, 0.2) is 5.16 Å². The number of aromatic nitrogens is 2. The molecule has 0 unspecified atom stereocenters. The molecule has 1 saturated heterocycles. The number of methoxy groups -OCH3 is 2. The Morgan fingerprint density at radius 2 is 1.77 bits per heavy atom. The maximum absolute atomic E-state index is 13.8. The molecule has 9 heteroatoms. The van der Waals surface area contributed by atoms with Crippen molar-refractivity contribution in [2.75, 3.05) is 43.3 Å². The lowest BCUT2D eigenvalue weighted by molar-refractivity contribution is -0.113. The van der Waals surface area contributed by atoms with Crippen molar-refractivity contribution in [3.05, 3.63) is 82.6 Å². The fraction of sp³-hybridized carbons (Fsp3) is 0.300. The first-order chi connectivity index (χ1) is 19.1. The van der Waals surface area contributed by atoms with E-state index in [9.17, 15) is 9.59 Å². The van der Waals surface area contributed by atoms with Gasteiger partial charge in [0.2, 0.25) is 5.91 Å². The number of ether oxygens (including phenoxy) is 2. The molecule has 1 aromatic heterocycles. The Morgan fingerprint density at radius 1 is 0.974 bits per heavy atom. The molecule has 1 fully saturated rings. The molecule has 4 aromatic rings. The van der Waals surface area contributed by atoms with Gasteiger partial charge in [-0.2, -0.15) is 0 Å². The smallest absolute Gasteiger partial charge is 0.262 e. The van der Waals surface area contributed by atoms with Crippen molar-refractivity contribution in [1.29, 1.82) is 0 Å². The van der Waals surface area contributed by atoms with E-state index < -0.39 is 0 Å². The zero-order valence-corrected chi connectivity index (χ0v) is 23.0. The largest absolute Gasteiger partial charge is 0.497 e. The summed E-state index contributed by atoms with van der Waals surface area (Å²) in [5, 5.41) is 3.97. The van der Waals surface area contributed by atoms with Crippen molar-refractivity contribution in [3.63, 3.8) is 0 Å². The molecule has 0 atom stereocenters. The van der Waals surface area contributed by atoms with E-state index in [-0.39, 0.29) is 17.2 Å². The summed E-state index contributed by atoms with van der Waals surface area (Å²) in [6.07, 6.45) is 3.57. The number of nitrogens with one attached hydrogen (secondary N) is 1. The second kappa shape index (κ2) is 12.3. The number of piperidine rings is 1. The van der Waals surface area contributed by atoms with E-state index in [4.69, 9.17) is 14.5 Å². The van der Waals surface area contributed by atoms with Gasteiger partial charge in [-0.1, -0.05) is 42.1 Å². The van der Waals surface area contributed by atoms with E-state index >= 15 is 0 Å². The van der Waals surface area contributed by atoms with Crippen molar-refractivity contribution in [1.82, 2.24) is 9.55 Å². The molecule has 3 aromatic carbocycles. The number of carbonyl (C=O) groups is 1. The molecule has 5 rings (SSSR count). The maximum atomic E-state index is 13.8. The number of anilines is 2. The van der Waals surface area contributed by atoms with E-state index in [2.05, 4.69) is 10.2 Å². The average Bonchev–Trinajstić information content (AvgIpc) is 2.98. The van der Waals surface area contributed by atoms with Gasteiger partial charge in [-0.3, -0.25) is 14.2 Å². The highest BCUT2D eigenvalue weighted by Gasteiger charge is 2.17. The number of rotatable bonds is 9. The van der Waals surface area contributed by atoms with Crippen molar-refractivity contribution >= 4 is 39.9 Å². The van der Waals surface area contributed by atoms with Gasteiger partial charge in [0.05, 0.1) is 43.1 Å². The molecule has 1 amide bonds. The molecule has 0 saturated carbocycles. The van der Waals surface area contributed by atoms with Crippen molar-refractivity contribution < 1.29 is 14.3 Å². The SMILES string of the molecule is COc1ccc(OC)c(NC(=O)CSc2nc3ccc(N4CCCCC4)cc3c(=O)n2Cc2ccccc2)c1. The summed E-state index contributed by atoms with van der Waals surface area (Å²) in [7, 11) is 3.11. The minimum Gasteiger partial charge on any atom is -0.497 e. The summed E-state index contributed by atoms with van der Waals surface area (Å²) in [6.45, 7) is 2.36. The number of hydrogen-bond acceptors (Lipinski definition) is 7. The number of hydrogen-bond donors (Lipinski definition) is 1. The molecule has 1 aliphatic heterocycles. The van der Waals surface area contributed by atoms with Crippen LogP contribution in [0.25, 0.3) is 10.9 Å². The van der Waals surface area contributed by atoms with E-state index in [1.165, 1.54) is 18.2 Å². The summed E-state index contributed by atoms with van der Waals surface area (Å²) >= 11 is 1.24. The lowest BCUT2D eigenvalue weighted by atomic mass is 10.1. The molecule has 2 heterocycles. The number of fused-ring (bicyclic) bond motifs is 1. The van der Waals surface area contributed by atoms with Crippen LogP contribution in [0.4, 0.5) is 11.4 Å².